The zero-order valence-corrected chi connectivity index (χ0v) is 26.3. The summed E-state index contributed by atoms with van der Waals surface area (Å²) in [6.45, 7) is 0. The Balaban J connectivity index is 1.13. The summed E-state index contributed by atoms with van der Waals surface area (Å²) in [5.41, 5.74) is 15.2. The Hall–Kier alpha value is -6.52. The van der Waals surface area contributed by atoms with Crippen molar-refractivity contribution in [1.29, 1.82) is 0 Å². The molecule has 4 nitrogen and oxygen atoms in total. The van der Waals surface area contributed by atoms with Gasteiger partial charge in [-0.15, -0.1) is 10.2 Å². The number of benzene rings is 7. The van der Waals surface area contributed by atoms with Gasteiger partial charge in [-0.25, -0.2) is 0 Å². The van der Waals surface area contributed by atoms with E-state index in [0.717, 1.165) is 22.3 Å². The largest absolute Gasteiger partial charge is 0.416 e. The van der Waals surface area contributed by atoms with Gasteiger partial charge < -0.3 is 8.98 Å². The fourth-order valence-electron chi connectivity index (χ4n) is 8.62. The summed E-state index contributed by atoms with van der Waals surface area (Å²) < 4.78 is 8.62. The fourth-order valence-corrected chi connectivity index (χ4v) is 8.62. The molecule has 0 N–H and O–H groups in total. The number of fused-ring (bicyclic) bond motifs is 12. The molecule has 1 unspecified atom stereocenters. The third kappa shape index (κ3) is 3.47. The van der Waals surface area contributed by atoms with Gasteiger partial charge in [0.25, 0.3) is 0 Å². The zero-order valence-electron chi connectivity index (χ0n) is 26.3. The fraction of sp³-hybridized carbons (Fsp3) is 0.0222. The molecule has 49 heavy (non-hydrogen) atoms. The lowest BCUT2D eigenvalue weighted by Gasteiger charge is -2.39. The zero-order chi connectivity index (χ0) is 32.1. The molecule has 0 saturated heterocycles. The average Bonchev–Trinajstić information content (AvgIpc) is 3.88. The molecule has 1 aliphatic heterocycles. The maximum Gasteiger partial charge on any atom is 0.248 e. The van der Waals surface area contributed by atoms with Gasteiger partial charge in [-0.05, 0) is 87.0 Å². The number of nitrogens with zero attached hydrogens (tertiary/aromatic N) is 3. The van der Waals surface area contributed by atoms with Crippen molar-refractivity contribution >= 4 is 21.8 Å². The minimum atomic E-state index is -0.454. The molecule has 228 valence electrons. The van der Waals surface area contributed by atoms with Crippen molar-refractivity contribution in [3.05, 3.63) is 186 Å². The van der Waals surface area contributed by atoms with Crippen LogP contribution in [-0.2, 0) is 5.41 Å². The van der Waals surface area contributed by atoms with Gasteiger partial charge in [0, 0.05) is 21.9 Å². The maximum atomic E-state index is 6.13. The molecule has 2 aliphatic rings. The van der Waals surface area contributed by atoms with E-state index in [0.29, 0.717) is 11.8 Å². The monoisotopic (exact) mass is 625 g/mol. The quantitative estimate of drug-likeness (QED) is 0.196. The van der Waals surface area contributed by atoms with Gasteiger partial charge in [0.2, 0.25) is 11.8 Å². The predicted octanol–water partition coefficient (Wildman–Crippen LogP) is 10.8. The van der Waals surface area contributed by atoms with Gasteiger partial charge >= 0.3 is 0 Å². The average molecular weight is 626 g/mol. The first-order chi connectivity index (χ1) is 24.3. The van der Waals surface area contributed by atoms with Crippen LogP contribution in [-0.4, -0.2) is 14.8 Å². The summed E-state index contributed by atoms with van der Waals surface area (Å²) in [5, 5.41) is 11.3. The first-order valence-corrected chi connectivity index (χ1v) is 16.7. The Labute approximate surface area is 282 Å². The molecule has 1 spiro atoms. The van der Waals surface area contributed by atoms with Gasteiger partial charge in [0.15, 0.2) is 0 Å². The molecular formula is C45H27N3O. The normalized spacial score (nSPS) is 15.4. The molecule has 11 rings (SSSR count). The summed E-state index contributed by atoms with van der Waals surface area (Å²) in [7, 11) is 0. The Morgan fingerprint density at radius 2 is 1.06 bits per heavy atom. The molecule has 7 aromatic carbocycles. The molecule has 9 aromatic rings. The Morgan fingerprint density at radius 1 is 0.429 bits per heavy atom. The first kappa shape index (κ1) is 26.5. The Morgan fingerprint density at radius 3 is 1.98 bits per heavy atom. The van der Waals surface area contributed by atoms with E-state index >= 15 is 0 Å². The molecule has 2 aromatic heterocycles. The summed E-state index contributed by atoms with van der Waals surface area (Å²) in [5.74, 6) is 1.02. The van der Waals surface area contributed by atoms with Crippen LogP contribution in [0.4, 0.5) is 0 Å². The minimum Gasteiger partial charge on any atom is -0.416 e. The first-order valence-electron chi connectivity index (χ1n) is 16.7. The van der Waals surface area contributed by atoms with E-state index in [4.69, 9.17) is 4.42 Å². The maximum absolute atomic E-state index is 6.13. The van der Waals surface area contributed by atoms with Gasteiger partial charge in [-0.2, -0.15) is 0 Å². The highest BCUT2D eigenvalue weighted by Crippen LogP contribution is 2.61. The van der Waals surface area contributed by atoms with Crippen molar-refractivity contribution in [2.75, 3.05) is 0 Å². The van der Waals surface area contributed by atoms with Crippen LogP contribution in [0.1, 0.15) is 22.3 Å². The van der Waals surface area contributed by atoms with Gasteiger partial charge in [0.1, 0.15) is 0 Å². The minimum absolute atomic E-state index is 0.454. The van der Waals surface area contributed by atoms with E-state index in [1.807, 2.05) is 36.4 Å². The molecule has 1 aliphatic carbocycles. The highest BCUT2D eigenvalue weighted by atomic mass is 16.4. The SMILES string of the molecule is c1ccc(-c2nnc(-c3cccc(-c4ccc5c(c4)-c4ccccc4C54c5ccccc5-n5c6ccccc6c6cccc4c65)c3)o2)cc1. The van der Waals surface area contributed by atoms with Crippen molar-refractivity contribution < 1.29 is 4.42 Å². The summed E-state index contributed by atoms with van der Waals surface area (Å²) >= 11 is 0. The molecule has 0 radical (unpaired) electrons. The molecule has 0 bridgehead atoms. The number of hydrogen-bond donors (Lipinski definition) is 0. The molecule has 0 saturated carbocycles. The highest BCUT2D eigenvalue weighted by molar-refractivity contribution is 6.12. The smallest absolute Gasteiger partial charge is 0.248 e. The van der Waals surface area contributed by atoms with Gasteiger partial charge in [-0.3, -0.25) is 0 Å². The van der Waals surface area contributed by atoms with E-state index < -0.39 is 5.41 Å². The second kappa shape index (κ2) is 9.75. The standard InChI is InChI=1S/C45H27N3O/c1-2-12-28(13-3-1)43-46-47-44(49-43)31-15-10-14-29(26-31)30-24-25-37-35(27-30)32-16-4-6-19-36(32)45(37)38-20-7-9-23-41(38)48-40-22-8-5-17-33(40)34-18-11-21-39(45)42(34)48/h1-27H. The highest BCUT2D eigenvalue weighted by Gasteiger charge is 2.50. The van der Waals surface area contributed by atoms with Crippen LogP contribution in [0.2, 0.25) is 0 Å². The lowest BCUT2D eigenvalue weighted by molar-refractivity contribution is 0.584. The van der Waals surface area contributed by atoms with E-state index in [9.17, 15) is 0 Å². The number of aromatic nitrogens is 3. The van der Waals surface area contributed by atoms with Crippen LogP contribution in [0.15, 0.2) is 168 Å². The van der Waals surface area contributed by atoms with Crippen molar-refractivity contribution in [3.8, 4) is 50.8 Å². The van der Waals surface area contributed by atoms with Crippen molar-refractivity contribution in [2.45, 2.75) is 5.41 Å². The summed E-state index contributed by atoms with van der Waals surface area (Å²) in [6.07, 6.45) is 0. The van der Waals surface area contributed by atoms with Gasteiger partial charge in [0.05, 0.1) is 22.1 Å². The summed E-state index contributed by atoms with van der Waals surface area (Å²) in [6, 6.07) is 59.0. The Kier molecular flexibility index (Phi) is 5.28. The Bertz CT molecular complexity index is 2790. The molecule has 4 heteroatoms. The van der Waals surface area contributed by atoms with Crippen LogP contribution in [0.25, 0.3) is 72.7 Å². The molecule has 1 atom stereocenters. The van der Waals surface area contributed by atoms with Crippen molar-refractivity contribution in [3.63, 3.8) is 0 Å². The van der Waals surface area contributed by atoms with Crippen LogP contribution in [0.3, 0.4) is 0 Å². The molecule has 0 amide bonds. The van der Waals surface area contributed by atoms with Crippen LogP contribution >= 0.6 is 0 Å². The third-order valence-corrected chi connectivity index (χ3v) is 10.6. The molecule has 3 heterocycles. The van der Waals surface area contributed by atoms with E-state index in [1.165, 1.54) is 60.9 Å². The van der Waals surface area contributed by atoms with E-state index in [-0.39, 0.29) is 0 Å². The number of hydrogen-bond acceptors (Lipinski definition) is 3. The van der Waals surface area contributed by atoms with Gasteiger partial charge in [-0.1, -0.05) is 121 Å². The molecular weight excluding hydrogens is 599 g/mol. The number of para-hydroxylation sites is 3. The van der Waals surface area contributed by atoms with Crippen LogP contribution < -0.4 is 0 Å². The van der Waals surface area contributed by atoms with Crippen molar-refractivity contribution in [2.24, 2.45) is 0 Å². The lowest BCUT2D eigenvalue weighted by atomic mass is 9.65. The molecule has 0 fully saturated rings. The number of rotatable bonds is 3. The third-order valence-electron chi connectivity index (χ3n) is 10.6. The summed E-state index contributed by atoms with van der Waals surface area (Å²) in [4.78, 5) is 0. The van der Waals surface area contributed by atoms with Crippen molar-refractivity contribution in [1.82, 2.24) is 14.8 Å². The topological polar surface area (TPSA) is 43.9 Å². The lowest BCUT2D eigenvalue weighted by Crippen LogP contribution is -2.33. The second-order valence-corrected chi connectivity index (χ2v) is 13.0. The van der Waals surface area contributed by atoms with E-state index in [1.54, 1.807) is 0 Å². The second-order valence-electron chi connectivity index (χ2n) is 13.0. The van der Waals surface area contributed by atoms with E-state index in [2.05, 4.69) is 142 Å². The van der Waals surface area contributed by atoms with Crippen LogP contribution in [0, 0.1) is 0 Å². The van der Waals surface area contributed by atoms with Crippen LogP contribution in [0.5, 0.6) is 0 Å². The predicted molar refractivity (Wildman–Crippen MR) is 196 cm³/mol.